The summed E-state index contributed by atoms with van der Waals surface area (Å²) in [6.45, 7) is 8.75. The zero-order chi connectivity index (χ0) is 22.0. The Morgan fingerprint density at radius 1 is 0.968 bits per heavy atom. The van der Waals surface area contributed by atoms with E-state index in [9.17, 15) is 4.79 Å². The molecule has 0 unspecified atom stereocenters. The van der Waals surface area contributed by atoms with Gasteiger partial charge in [0.1, 0.15) is 5.65 Å². The highest BCUT2D eigenvalue weighted by atomic mass is 16.2. The topological polar surface area (TPSA) is 37.6 Å². The molecule has 0 atom stereocenters. The average molecular weight is 410 g/mol. The number of anilines is 1. The van der Waals surface area contributed by atoms with Crippen LogP contribution in [-0.4, -0.2) is 21.8 Å². The first-order valence-corrected chi connectivity index (χ1v) is 10.6. The van der Waals surface area contributed by atoms with Crippen molar-refractivity contribution in [1.82, 2.24) is 9.38 Å². The van der Waals surface area contributed by atoms with Crippen LogP contribution < -0.4 is 4.90 Å². The molecule has 2 aromatic heterocycles. The predicted octanol–water partition coefficient (Wildman–Crippen LogP) is 5.99. The minimum atomic E-state index is -0.0509. The van der Waals surface area contributed by atoms with Crippen molar-refractivity contribution in [1.29, 1.82) is 0 Å². The van der Waals surface area contributed by atoms with Crippen LogP contribution in [0.1, 0.15) is 29.3 Å². The first kappa shape index (κ1) is 20.6. The largest absolute Gasteiger partial charge is 0.309 e. The number of aromatic nitrogens is 2. The molecule has 0 radical (unpaired) electrons. The normalized spacial score (nSPS) is 11.4. The molecule has 0 aliphatic carbocycles. The number of amides is 1. The first-order valence-electron chi connectivity index (χ1n) is 10.6. The molecule has 0 N–H and O–H groups in total. The molecule has 0 saturated heterocycles. The van der Waals surface area contributed by atoms with Crippen molar-refractivity contribution in [2.75, 3.05) is 11.4 Å². The minimum absolute atomic E-state index is 0.0509. The van der Waals surface area contributed by atoms with E-state index in [1.165, 1.54) is 5.56 Å². The number of likely N-dealkylation sites (N-methyl/N-ethyl adjacent to an activating group) is 1. The Balaban J connectivity index is 1.76. The Morgan fingerprint density at radius 3 is 2.42 bits per heavy atom. The molecular weight excluding hydrogens is 382 g/mol. The van der Waals surface area contributed by atoms with Crippen molar-refractivity contribution in [3.05, 3.63) is 95.3 Å². The maximum Gasteiger partial charge on any atom is 0.251 e. The third kappa shape index (κ3) is 4.29. The Morgan fingerprint density at radius 2 is 1.71 bits per heavy atom. The fraction of sp³-hybridized carbons (Fsp3) is 0.185. The molecule has 4 aromatic rings. The van der Waals surface area contributed by atoms with Gasteiger partial charge in [-0.3, -0.25) is 9.20 Å². The van der Waals surface area contributed by atoms with E-state index in [1.807, 2.05) is 54.8 Å². The summed E-state index contributed by atoms with van der Waals surface area (Å²) in [7, 11) is 0. The molecule has 156 valence electrons. The van der Waals surface area contributed by atoms with Crippen LogP contribution in [0.2, 0.25) is 0 Å². The summed E-state index contributed by atoms with van der Waals surface area (Å²) in [4.78, 5) is 19.7. The van der Waals surface area contributed by atoms with Gasteiger partial charge < -0.3 is 4.90 Å². The maximum atomic E-state index is 13.1. The standard InChI is InChI=1S/C27H27N3O/c1-5-29(23-8-6-7-20(3)17-23)26(31)14-13-24-27(22-11-9-19(2)10-12-22)28-25-18-21(4)15-16-30(24)25/h6-18H,5H2,1-4H3/b14-13+. The minimum Gasteiger partial charge on any atom is -0.309 e. The number of carbonyl (C=O) groups is 1. The number of imidazole rings is 1. The van der Waals surface area contributed by atoms with Gasteiger partial charge in [-0.25, -0.2) is 4.98 Å². The number of rotatable bonds is 5. The monoisotopic (exact) mass is 409 g/mol. The highest BCUT2D eigenvalue weighted by Gasteiger charge is 2.15. The van der Waals surface area contributed by atoms with E-state index in [0.29, 0.717) is 6.54 Å². The summed E-state index contributed by atoms with van der Waals surface area (Å²) in [5, 5.41) is 0. The van der Waals surface area contributed by atoms with Crippen LogP contribution in [0.25, 0.3) is 23.0 Å². The number of fused-ring (bicyclic) bond motifs is 1. The molecule has 0 bridgehead atoms. The lowest BCUT2D eigenvalue weighted by molar-refractivity contribution is -0.114. The molecule has 4 nitrogen and oxygen atoms in total. The van der Waals surface area contributed by atoms with Crippen LogP contribution in [0.15, 0.2) is 72.9 Å². The van der Waals surface area contributed by atoms with Crippen LogP contribution in [0, 0.1) is 20.8 Å². The van der Waals surface area contributed by atoms with Crippen molar-refractivity contribution in [3.8, 4) is 11.3 Å². The van der Waals surface area contributed by atoms with Gasteiger partial charge in [-0.2, -0.15) is 0 Å². The molecule has 0 saturated carbocycles. The van der Waals surface area contributed by atoms with E-state index in [1.54, 1.807) is 11.0 Å². The number of carbonyl (C=O) groups excluding carboxylic acids is 1. The Bertz CT molecular complexity index is 1270. The van der Waals surface area contributed by atoms with Crippen LogP contribution >= 0.6 is 0 Å². The lowest BCUT2D eigenvalue weighted by Crippen LogP contribution is -2.28. The van der Waals surface area contributed by atoms with E-state index >= 15 is 0 Å². The van der Waals surface area contributed by atoms with Gasteiger partial charge in [0.25, 0.3) is 5.91 Å². The smallest absolute Gasteiger partial charge is 0.251 e. The van der Waals surface area contributed by atoms with Gasteiger partial charge in [-0.1, -0.05) is 42.0 Å². The number of benzene rings is 2. The summed E-state index contributed by atoms with van der Waals surface area (Å²) in [5.41, 5.74) is 8.05. The highest BCUT2D eigenvalue weighted by molar-refractivity contribution is 6.04. The van der Waals surface area contributed by atoms with Crippen LogP contribution in [-0.2, 0) is 4.79 Å². The first-order chi connectivity index (χ1) is 15.0. The zero-order valence-corrected chi connectivity index (χ0v) is 18.5. The molecular formula is C27H27N3O. The molecule has 0 aliphatic rings. The molecule has 0 aliphatic heterocycles. The van der Waals surface area contributed by atoms with Crippen LogP contribution in [0.3, 0.4) is 0 Å². The number of nitrogens with zero attached hydrogens (tertiary/aromatic N) is 3. The average Bonchev–Trinajstić information content (AvgIpc) is 3.11. The molecule has 0 fully saturated rings. The number of aryl methyl sites for hydroxylation is 3. The molecule has 1 amide bonds. The molecule has 4 heteroatoms. The summed E-state index contributed by atoms with van der Waals surface area (Å²) in [6.07, 6.45) is 5.54. The van der Waals surface area contributed by atoms with Gasteiger partial charge in [0, 0.05) is 30.1 Å². The second kappa shape index (κ2) is 8.60. The van der Waals surface area contributed by atoms with Crippen LogP contribution in [0.5, 0.6) is 0 Å². The van der Waals surface area contributed by atoms with Gasteiger partial charge in [-0.15, -0.1) is 0 Å². The molecule has 31 heavy (non-hydrogen) atoms. The van der Waals surface area contributed by atoms with Crippen molar-refractivity contribution in [2.24, 2.45) is 0 Å². The van der Waals surface area contributed by atoms with Crippen molar-refractivity contribution < 1.29 is 4.79 Å². The number of pyridine rings is 1. The predicted molar refractivity (Wildman–Crippen MR) is 128 cm³/mol. The Labute approximate surface area is 183 Å². The van der Waals surface area contributed by atoms with E-state index < -0.39 is 0 Å². The van der Waals surface area contributed by atoms with E-state index in [0.717, 1.165) is 39.4 Å². The fourth-order valence-corrected chi connectivity index (χ4v) is 3.75. The summed E-state index contributed by atoms with van der Waals surface area (Å²) >= 11 is 0. The summed E-state index contributed by atoms with van der Waals surface area (Å²) in [5.74, 6) is -0.0509. The van der Waals surface area contributed by atoms with Crippen molar-refractivity contribution >= 4 is 23.3 Å². The molecule has 2 aromatic carbocycles. The van der Waals surface area contributed by atoms with Gasteiger partial charge in [-0.05, 0) is 69.2 Å². The molecule has 2 heterocycles. The van der Waals surface area contributed by atoms with Crippen molar-refractivity contribution in [3.63, 3.8) is 0 Å². The number of hydrogen-bond acceptors (Lipinski definition) is 2. The maximum absolute atomic E-state index is 13.1. The van der Waals surface area contributed by atoms with Crippen molar-refractivity contribution in [2.45, 2.75) is 27.7 Å². The van der Waals surface area contributed by atoms with Gasteiger partial charge >= 0.3 is 0 Å². The lowest BCUT2D eigenvalue weighted by Gasteiger charge is -2.19. The second-order valence-electron chi connectivity index (χ2n) is 7.90. The fourth-order valence-electron chi connectivity index (χ4n) is 3.75. The molecule has 4 rings (SSSR count). The third-order valence-corrected chi connectivity index (χ3v) is 5.42. The summed E-state index contributed by atoms with van der Waals surface area (Å²) < 4.78 is 2.04. The van der Waals surface area contributed by atoms with Gasteiger partial charge in [0.15, 0.2) is 0 Å². The summed E-state index contributed by atoms with van der Waals surface area (Å²) in [6, 6.07) is 20.4. The number of hydrogen-bond donors (Lipinski definition) is 0. The third-order valence-electron chi connectivity index (χ3n) is 5.42. The lowest BCUT2D eigenvalue weighted by atomic mass is 10.1. The Hall–Kier alpha value is -3.66. The van der Waals surface area contributed by atoms with Gasteiger partial charge in [0.2, 0.25) is 0 Å². The van der Waals surface area contributed by atoms with E-state index in [4.69, 9.17) is 4.98 Å². The van der Waals surface area contributed by atoms with E-state index in [2.05, 4.69) is 50.2 Å². The molecule has 0 spiro atoms. The SMILES string of the molecule is CCN(C(=O)/C=C/c1c(-c2ccc(C)cc2)nc2cc(C)ccn12)c1cccc(C)c1. The quantitative estimate of drug-likeness (QED) is 0.380. The van der Waals surface area contributed by atoms with E-state index in [-0.39, 0.29) is 5.91 Å². The Kier molecular flexibility index (Phi) is 5.72. The zero-order valence-electron chi connectivity index (χ0n) is 18.5. The highest BCUT2D eigenvalue weighted by Crippen LogP contribution is 2.27. The second-order valence-corrected chi connectivity index (χ2v) is 7.90. The van der Waals surface area contributed by atoms with Gasteiger partial charge in [0.05, 0.1) is 11.4 Å². The van der Waals surface area contributed by atoms with Crippen LogP contribution in [0.4, 0.5) is 5.69 Å².